The van der Waals surface area contributed by atoms with Gasteiger partial charge < -0.3 is 10.6 Å². The molecule has 1 saturated carbocycles. The number of guanidine groups is 1. The summed E-state index contributed by atoms with van der Waals surface area (Å²) < 4.78 is 0. The van der Waals surface area contributed by atoms with Gasteiger partial charge in [-0.1, -0.05) is 13.3 Å². The fourth-order valence-electron chi connectivity index (χ4n) is 2.95. The van der Waals surface area contributed by atoms with Gasteiger partial charge in [0.05, 0.1) is 17.2 Å². The van der Waals surface area contributed by atoms with Crippen molar-refractivity contribution in [1.29, 1.82) is 0 Å². The average molecular weight is 341 g/mol. The van der Waals surface area contributed by atoms with Crippen LogP contribution in [-0.4, -0.2) is 35.0 Å². The van der Waals surface area contributed by atoms with Crippen LogP contribution in [0.25, 0.3) is 0 Å². The summed E-state index contributed by atoms with van der Waals surface area (Å²) in [6.45, 7) is 7.19. The second-order valence-corrected chi connectivity index (χ2v) is 8.62. The zero-order valence-corrected chi connectivity index (χ0v) is 15.7. The number of hydrogen-bond acceptors (Lipinski definition) is 4. The van der Waals surface area contributed by atoms with Crippen molar-refractivity contribution in [2.24, 2.45) is 4.99 Å². The molecule has 1 fully saturated rings. The summed E-state index contributed by atoms with van der Waals surface area (Å²) in [6, 6.07) is 0.549. The Morgan fingerprint density at radius 2 is 2.23 bits per heavy atom. The molecule has 0 amide bonds. The predicted molar refractivity (Wildman–Crippen MR) is 99.1 cm³/mol. The van der Waals surface area contributed by atoms with Crippen molar-refractivity contribution in [2.45, 2.75) is 64.3 Å². The van der Waals surface area contributed by atoms with Crippen LogP contribution >= 0.6 is 23.1 Å². The smallest absolute Gasteiger partial charge is 0.191 e. The van der Waals surface area contributed by atoms with Crippen molar-refractivity contribution in [1.82, 2.24) is 15.6 Å². The fourth-order valence-corrected chi connectivity index (χ4v) is 5.00. The molecule has 2 unspecified atom stereocenters. The van der Waals surface area contributed by atoms with Crippen molar-refractivity contribution in [3.05, 3.63) is 15.6 Å². The van der Waals surface area contributed by atoms with E-state index in [4.69, 9.17) is 0 Å². The van der Waals surface area contributed by atoms with Crippen LogP contribution in [-0.2, 0) is 6.54 Å². The molecule has 1 aliphatic carbocycles. The van der Waals surface area contributed by atoms with Crippen LogP contribution in [0.15, 0.2) is 4.99 Å². The molecule has 1 aromatic heterocycles. The van der Waals surface area contributed by atoms with Crippen LogP contribution < -0.4 is 10.6 Å². The zero-order chi connectivity index (χ0) is 15.9. The van der Waals surface area contributed by atoms with Crippen molar-refractivity contribution < 1.29 is 0 Å². The highest BCUT2D eigenvalue weighted by molar-refractivity contribution is 7.99. The van der Waals surface area contributed by atoms with Gasteiger partial charge in [-0.05, 0) is 38.9 Å². The molecular formula is C16H28N4S2. The van der Waals surface area contributed by atoms with E-state index in [-0.39, 0.29) is 0 Å². The summed E-state index contributed by atoms with van der Waals surface area (Å²) in [5, 5.41) is 8.97. The molecule has 0 radical (unpaired) electrons. The Morgan fingerprint density at radius 1 is 1.41 bits per heavy atom. The molecule has 0 aromatic carbocycles. The summed E-state index contributed by atoms with van der Waals surface area (Å²) in [6.07, 6.45) is 5.18. The lowest BCUT2D eigenvalue weighted by Crippen LogP contribution is -2.45. The monoisotopic (exact) mass is 340 g/mol. The summed E-state index contributed by atoms with van der Waals surface area (Å²) >= 11 is 3.86. The van der Waals surface area contributed by atoms with E-state index in [1.807, 2.05) is 7.05 Å². The molecule has 22 heavy (non-hydrogen) atoms. The third-order valence-corrected chi connectivity index (χ3v) is 6.31. The highest BCUT2D eigenvalue weighted by Gasteiger charge is 2.22. The predicted octanol–water partition coefficient (Wildman–Crippen LogP) is 3.49. The maximum atomic E-state index is 4.48. The summed E-state index contributed by atoms with van der Waals surface area (Å²) in [4.78, 5) is 10.1. The van der Waals surface area contributed by atoms with Gasteiger partial charge in [-0.15, -0.1) is 11.3 Å². The second kappa shape index (κ2) is 8.77. The number of thiazole rings is 1. The largest absolute Gasteiger partial charge is 0.354 e. The Kier molecular flexibility index (Phi) is 7.02. The molecule has 0 bridgehead atoms. The highest BCUT2D eigenvalue weighted by Crippen LogP contribution is 2.28. The molecule has 2 atom stereocenters. The molecular weight excluding hydrogens is 312 g/mol. The number of aryl methyl sites for hydroxylation is 2. The number of nitrogens with zero attached hydrogens (tertiary/aromatic N) is 2. The van der Waals surface area contributed by atoms with Gasteiger partial charge in [0.2, 0.25) is 0 Å². The van der Waals surface area contributed by atoms with Gasteiger partial charge in [-0.25, -0.2) is 4.98 Å². The van der Waals surface area contributed by atoms with Gasteiger partial charge >= 0.3 is 0 Å². The Morgan fingerprint density at radius 3 is 2.86 bits per heavy atom. The molecule has 6 heteroatoms. The quantitative estimate of drug-likeness (QED) is 0.636. The summed E-state index contributed by atoms with van der Waals surface area (Å²) in [5.41, 5.74) is 1.13. The third kappa shape index (κ3) is 5.16. The average Bonchev–Trinajstić information content (AvgIpc) is 2.82. The lowest BCUT2D eigenvalue weighted by molar-refractivity contribution is 0.419. The van der Waals surface area contributed by atoms with Crippen molar-refractivity contribution >= 4 is 29.1 Å². The first kappa shape index (κ1) is 17.6. The van der Waals surface area contributed by atoms with E-state index in [0.29, 0.717) is 6.04 Å². The number of rotatable bonds is 5. The molecule has 2 rings (SSSR count). The van der Waals surface area contributed by atoms with Crippen LogP contribution in [0.3, 0.4) is 0 Å². The van der Waals surface area contributed by atoms with E-state index in [0.717, 1.165) is 28.5 Å². The summed E-state index contributed by atoms with van der Waals surface area (Å²) in [5.74, 6) is 2.13. The van der Waals surface area contributed by atoms with E-state index < -0.39 is 0 Å². The first-order chi connectivity index (χ1) is 10.6. The molecule has 4 nitrogen and oxygen atoms in total. The third-order valence-electron chi connectivity index (χ3n) is 4.01. The van der Waals surface area contributed by atoms with Crippen LogP contribution in [0.4, 0.5) is 0 Å². The van der Waals surface area contributed by atoms with Crippen LogP contribution in [0.5, 0.6) is 0 Å². The number of thioether (sulfide) groups is 1. The normalized spacial score (nSPS) is 22.6. The maximum Gasteiger partial charge on any atom is 0.191 e. The van der Waals surface area contributed by atoms with Crippen LogP contribution in [0.2, 0.25) is 0 Å². The number of aliphatic imine (C=N–C) groups is 1. The van der Waals surface area contributed by atoms with Crippen LogP contribution in [0, 0.1) is 13.8 Å². The first-order valence-corrected chi connectivity index (χ1v) is 10.0. The van der Waals surface area contributed by atoms with E-state index in [9.17, 15) is 0 Å². The molecule has 0 spiro atoms. The minimum atomic E-state index is 0.549. The lowest BCUT2D eigenvalue weighted by atomic mass is 9.95. The van der Waals surface area contributed by atoms with E-state index >= 15 is 0 Å². The minimum Gasteiger partial charge on any atom is -0.354 e. The van der Waals surface area contributed by atoms with Crippen molar-refractivity contribution in [3.8, 4) is 0 Å². The van der Waals surface area contributed by atoms with Crippen LogP contribution in [0.1, 0.15) is 48.2 Å². The number of hydrogen-bond donors (Lipinski definition) is 2. The first-order valence-electron chi connectivity index (χ1n) is 8.14. The zero-order valence-electron chi connectivity index (χ0n) is 14.1. The number of aromatic nitrogens is 1. The second-order valence-electron chi connectivity index (χ2n) is 5.75. The highest BCUT2D eigenvalue weighted by atomic mass is 32.2. The standard InChI is InChI=1S/C16H28N4S2/c1-5-21-14-8-6-7-13(9-14)20-16(17-4)18-10-15-11(2)19-12(3)22-15/h13-14H,5-10H2,1-4H3,(H2,17,18,20). The number of nitrogens with one attached hydrogen (secondary N) is 2. The van der Waals surface area contributed by atoms with E-state index in [2.05, 4.69) is 53.1 Å². The van der Waals surface area contributed by atoms with Gasteiger partial charge in [0, 0.05) is 23.2 Å². The molecule has 0 aliphatic heterocycles. The Labute approximate surface area is 142 Å². The van der Waals surface area contributed by atoms with Gasteiger partial charge in [0.15, 0.2) is 5.96 Å². The SMILES string of the molecule is CCSC1CCCC(NC(=NC)NCc2sc(C)nc2C)C1. The van der Waals surface area contributed by atoms with Gasteiger partial charge in [-0.2, -0.15) is 11.8 Å². The topological polar surface area (TPSA) is 49.3 Å². The van der Waals surface area contributed by atoms with Gasteiger partial charge in [0.25, 0.3) is 0 Å². The molecule has 1 aromatic rings. The maximum absolute atomic E-state index is 4.48. The Bertz CT molecular complexity index is 496. The minimum absolute atomic E-state index is 0.549. The molecule has 2 N–H and O–H groups in total. The lowest BCUT2D eigenvalue weighted by Gasteiger charge is -2.30. The van der Waals surface area contributed by atoms with Gasteiger partial charge in [-0.3, -0.25) is 4.99 Å². The van der Waals surface area contributed by atoms with E-state index in [1.54, 1.807) is 11.3 Å². The van der Waals surface area contributed by atoms with Crippen molar-refractivity contribution in [3.63, 3.8) is 0 Å². The summed E-state index contributed by atoms with van der Waals surface area (Å²) in [7, 11) is 1.85. The van der Waals surface area contributed by atoms with E-state index in [1.165, 1.54) is 36.3 Å². The Balaban J connectivity index is 1.83. The molecule has 1 aliphatic rings. The molecule has 1 heterocycles. The fraction of sp³-hybridized carbons (Fsp3) is 0.750. The van der Waals surface area contributed by atoms with Crippen molar-refractivity contribution in [2.75, 3.05) is 12.8 Å². The molecule has 124 valence electrons. The molecule has 0 saturated heterocycles. The Hall–Kier alpha value is -0.750. The van der Waals surface area contributed by atoms with Gasteiger partial charge in [0.1, 0.15) is 0 Å².